The van der Waals surface area contributed by atoms with Gasteiger partial charge in [0, 0.05) is 0 Å². The van der Waals surface area contributed by atoms with Crippen LogP contribution in [0.5, 0.6) is 0 Å². The van der Waals surface area contributed by atoms with Crippen LogP contribution in [0, 0.1) is 35.0 Å². The predicted molar refractivity (Wildman–Crippen MR) is 74.8 cm³/mol. The van der Waals surface area contributed by atoms with Crippen LogP contribution in [0.4, 0.5) is 0 Å². The molecule has 0 amide bonds. The second-order valence-corrected chi connectivity index (χ2v) is 7.76. The Balaban J connectivity index is 2.81. The topological polar surface area (TPSA) is 20.2 Å². The van der Waals surface area contributed by atoms with E-state index in [-0.39, 0.29) is 11.5 Å². The molecule has 1 heteroatoms. The van der Waals surface area contributed by atoms with Crippen LogP contribution in [-0.2, 0) is 0 Å². The van der Waals surface area contributed by atoms with E-state index < -0.39 is 0 Å². The Kier molecular flexibility index (Phi) is 4.68. The first kappa shape index (κ1) is 15.0. The lowest BCUT2D eigenvalue weighted by Crippen LogP contribution is -2.43. The molecule has 1 N–H and O–H groups in total. The Morgan fingerprint density at radius 2 is 1.59 bits per heavy atom. The zero-order chi connectivity index (χ0) is 13.4. The maximum Gasteiger partial charge on any atom is 0.0576 e. The first-order chi connectivity index (χ1) is 7.64. The summed E-state index contributed by atoms with van der Waals surface area (Å²) >= 11 is 0. The third-order valence-corrected chi connectivity index (χ3v) is 5.17. The molecule has 0 saturated heterocycles. The summed E-state index contributed by atoms with van der Waals surface area (Å²) in [4.78, 5) is 0. The normalized spacial score (nSPS) is 37.2. The molecule has 0 aliphatic heterocycles. The molecule has 0 bridgehead atoms. The van der Waals surface area contributed by atoms with Crippen LogP contribution in [0.25, 0.3) is 0 Å². The molecule has 17 heavy (non-hydrogen) atoms. The molecular formula is C16H32O. The van der Waals surface area contributed by atoms with Crippen molar-refractivity contribution in [1.82, 2.24) is 0 Å². The minimum atomic E-state index is -0.0967. The number of aliphatic hydroxyl groups excluding tert-OH is 1. The fourth-order valence-electron chi connectivity index (χ4n) is 3.56. The molecule has 5 unspecified atom stereocenters. The highest BCUT2D eigenvalue weighted by atomic mass is 16.3. The van der Waals surface area contributed by atoms with E-state index in [4.69, 9.17) is 0 Å². The van der Waals surface area contributed by atoms with Gasteiger partial charge in [-0.2, -0.15) is 0 Å². The number of hydrogen-bond acceptors (Lipinski definition) is 1. The molecule has 0 radical (unpaired) electrons. The van der Waals surface area contributed by atoms with Crippen molar-refractivity contribution < 1.29 is 5.11 Å². The summed E-state index contributed by atoms with van der Waals surface area (Å²) in [5.74, 6) is 3.43. The third kappa shape index (κ3) is 3.47. The minimum absolute atomic E-state index is 0.0967. The predicted octanol–water partition coefficient (Wildman–Crippen LogP) is 4.35. The van der Waals surface area contributed by atoms with Gasteiger partial charge in [0.1, 0.15) is 0 Å². The van der Waals surface area contributed by atoms with Crippen molar-refractivity contribution in [1.29, 1.82) is 0 Å². The maximum absolute atomic E-state index is 10.3. The van der Waals surface area contributed by atoms with Crippen LogP contribution in [0.3, 0.4) is 0 Å². The molecule has 0 spiro atoms. The molecule has 1 aliphatic carbocycles. The summed E-state index contributed by atoms with van der Waals surface area (Å²) in [6, 6.07) is 0. The van der Waals surface area contributed by atoms with Crippen LogP contribution in [0.2, 0.25) is 0 Å². The van der Waals surface area contributed by atoms with Gasteiger partial charge in [0.2, 0.25) is 0 Å². The summed E-state index contributed by atoms with van der Waals surface area (Å²) in [6.07, 6.45) is 2.09. The molecule has 102 valence electrons. The highest BCUT2D eigenvalue weighted by molar-refractivity contribution is 4.91. The first-order valence-corrected chi connectivity index (χ1v) is 7.32. The van der Waals surface area contributed by atoms with E-state index in [1.165, 1.54) is 6.42 Å². The van der Waals surface area contributed by atoms with Gasteiger partial charge in [-0.1, -0.05) is 48.5 Å². The van der Waals surface area contributed by atoms with Crippen molar-refractivity contribution in [3.8, 4) is 0 Å². The summed E-state index contributed by atoms with van der Waals surface area (Å²) in [5, 5.41) is 10.3. The molecular weight excluding hydrogens is 208 g/mol. The molecule has 0 aromatic rings. The van der Waals surface area contributed by atoms with Crippen LogP contribution >= 0.6 is 0 Å². The Labute approximate surface area is 108 Å². The zero-order valence-corrected chi connectivity index (χ0v) is 12.8. The van der Waals surface area contributed by atoms with Crippen LogP contribution < -0.4 is 0 Å². The van der Waals surface area contributed by atoms with Crippen molar-refractivity contribution in [3.63, 3.8) is 0 Å². The van der Waals surface area contributed by atoms with Gasteiger partial charge in [0.25, 0.3) is 0 Å². The monoisotopic (exact) mass is 240 g/mol. The van der Waals surface area contributed by atoms with Gasteiger partial charge in [0.05, 0.1) is 6.10 Å². The first-order valence-electron chi connectivity index (χ1n) is 7.32. The van der Waals surface area contributed by atoms with Crippen molar-refractivity contribution in [2.75, 3.05) is 0 Å². The summed E-state index contributed by atoms with van der Waals surface area (Å²) in [6.45, 7) is 16.2. The van der Waals surface area contributed by atoms with Crippen LogP contribution in [-0.4, -0.2) is 11.2 Å². The average molecular weight is 240 g/mol. The van der Waals surface area contributed by atoms with E-state index in [1.54, 1.807) is 0 Å². The summed E-state index contributed by atoms with van der Waals surface area (Å²) in [7, 11) is 0. The SMILES string of the molecule is CC(C)C(C)C1CC(C(C)(C)C)C(O)CC1C. The zero-order valence-electron chi connectivity index (χ0n) is 12.8. The van der Waals surface area contributed by atoms with Gasteiger partial charge in [0.15, 0.2) is 0 Å². The second kappa shape index (κ2) is 5.30. The second-order valence-electron chi connectivity index (χ2n) is 7.76. The van der Waals surface area contributed by atoms with Crippen LogP contribution in [0.1, 0.15) is 61.3 Å². The lowest BCUT2D eigenvalue weighted by molar-refractivity contribution is -0.0457. The van der Waals surface area contributed by atoms with Crippen LogP contribution in [0.15, 0.2) is 0 Å². The van der Waals surface area contributed by atoms with Crippen molar-refractivity contribution in [2.45, 2.75) is 67.4 Å². The highest BCUT2D eigenvalue weighted by Crippen LogP contribution is 2.46. The highest BCUT2D eigenvalue weighted by Gasteiger charge is 2.41. The van der Waals surface area contributed by atoms with E-state index in [0.29, 0.717) is 11.8 Å². The Hall–Kier alpha value is -0.0400. The molecule has 1 fully saturated rings. The molecule has 0 heterocycles. The lowest BCUT2D eigenvalue weighted by Gasteiger charge is -2.46. The molecule has 1 aliphatic rings. The van der Waals surface area contributed by atoms with E-state index in [9.17, 15) is 5.11 Å². The molecule has 1 saturated carbocycles. The Morgan fingerprint density at radius 3 is 2.00 bits per heavy atom. The van der Waals surface area contributed by atoms with Gasteiger partial charge in [-0.05, 0) is 47.8 Å². The van der Waals surface area contributed by atoms with E-state index >= 15 is 0 Å². The van der Waals surface area contributed by atoms with E-state index in [2.05, 4.69) is 48.5 Å². The Morgan fingerprint density at radius 1 is 1.06 bits per heavy atom. The number of hydrogen-bond donors (Lipinski definition) is 1. The molecule has 0 aromatic heterocycles. The standard InChI is InChI=1S/C16H32O/c1-10(2)12(4)13-9-14(16(5,6)7)15(17)8-11(13)3/h10-15,17H,8-9H2,1-7H3. The maximum atomic E-state index is 10.3. The lowest BCUT2D eigenvalue weighted by atomic mass is 9.60. The summed E-state index contributed by atoms with van der Waals surface area (Å²) < 4.78 is 0. The number of aliphatic hydroxyl groups is 1. The number of rotatable bonds is 2. The molecule has 1 nitrogen and oxygen atoms in total. The van der Waals surface area contributed by atoms with Gasteiger partial charge in [-0.3, -0.25) is 0 Å². The van der Waals surface area contributed by atoms with Crippen molar-refractivity contribution in [3.05, 3.63) is 0 Å². The van der Waals surface area contributed by atoms with Gasteiger partial charge in [-0.25, -0.2) is 0 Å². The fraction of sp³-hybridized carbons (Fsp3) is 1.00. The quantitative estimate of drug-likeness (QED) is 0.761. The molecule has 5 atom stereocenters. The molecule has 1 rings (SSSR count). The largest absolute Gasteiger partial charge is 0.393 e. The van der Waals surface area contributed by atoms with Crippen molar-refractivity contribution >= 4 is 0 Å². The summed E-state index contributed by atoms with van der Waals surface area (Å²) in [5.41, 5.74) is 0.231. The van der Waals surface area contributed by atoms with E-state index in [0.717, 1.165) is 24.2 Å². The van der Waals surface area contributed by atoms with Gasteiger partial charge in [-0.15, -0.1) is 0 Å². The van der Waals surface area contributed by atoms with Crippen molar-refractivity contribution in [2.24, 2.45) is 35.0 Å². The Bertz CT molecular complexity index is 238. The van der Waals surface area contributed by atoms with Gasteiger partial charge < -0.3 is 5.11 Å². The average Bonchev–Trinajstić information content (AvgIpc) is 2.14. The molecule has 0 aromatic carbocycles. The van der Waals surface area contributed by atoms with E-state index in [1.807, 2.05) is 0 Å². The van der Waals surface area contributed by atoms with Gasteiger partial charge >= 0.3 is 0 Å². The minimum Gasteiger partial charge on any atom is -0.393 e. The fourth-order valence-corrected chi connectivity index (χ4v) is 3.56. The third-order valence-electron chi connectivity index (χ3n) is 5.17. The smallest absolute Gasteiger partial charge is 0.0576 e.